The van der Waals surface area contributed by atoms with Crippen molar-refractivity contribution >= 4 is 17.9 Å². The van der Waals surface area contributed by atoms with Crippen molar-refractivity contribution in [3.63, 3.8) is 0 Å². The Balaban J connectivity index is 0. The molecule has 9 nitrogen and oxygen atoms in total. The van der Waals surface area contributed by atoms with Crippen LogP contribution in [0.25, 0.3) is 0 Å². The molecule has 47 heavy (non-hydrogen) atoms. The van der Waals surface area contributed by atoms with E-state index in [1.807, 2.05) is 0 Å². The summed E-state index contributed by atoms with van der Waals surface area (Å²) in [6, 6.07) is 22.4. The van der Waals surface area contributed by atoms with Crippen LogP contribution in [-0.4, -0.2) is 62.1 Å². The predicted octanol–water partition coefficient (Wildman–Crippen LogP) is -1.04. The minimum atomic E-state index is -5.19. The Morgan fingerprint density at radius 1 is 0.638 bits per heavy atom. The van der Waals surface area contributed by atoms with E-state index < -0.39 is 36.4 Å². The predicted molar refractivity (Wildman–Crippen MR) is 142 cm³/mol. The average molecular weight is 696 g/mol. The molecule has 18 heteroatoms. The van der Waals surface area contributed by atoms with Gasteiger partial charge in [0.1, 0.15) is 30.5 Å². The largest absolute Gasteiger partial charge is 0.542 e. The average Bonchev–Trinajstić information content (AvgIpc) is 2.98. The number of nitrogens with two attached hydrogens (primary N) is 1. The molecule has 0 radical (unpaired) electrons. The van der Waals surface area contributed by atoms with Gasteiger partial charge in [0, 0.05) is 18.8 Å². The number of rotatable bonds is 13. The number of carboxylic acid groups (broad SMARTS) is 3. The van der Waals surface area contributed by atoms with Crippen LogP contribution in [0.4, 0.5) is 39.5 Å². The normalized spacial score (nSPS) is 11.9. The van der Waals surface area contributed by atoms with Crippen LogP contribution in [0.15, 0.2) is 60.7 Å². The molecular weight excluding hydrogens is 657 g/mol. The number of carbonyl (C=O) groups excluding carboxylic acids is 3. The van der Waals surface area contributed by atoms with Gasteiger partial charge in [0.15, 0.2) is 0 Å². The van der Waals surface area contributed by atoms with Gasteiger partial charge in [0.2, 0.25) is 0 Å². The van der Waals surface area contributed by atoms with E-state index in [0.29, 0.717) is 6.04 Å². The van der Waals surface area contributed by atoms with Crippen LogP contribution in [0.3, 0.4) is 0 Å². The molecule has 0 amide bonds. The number of benzene rings is 2. The molecule has 268 valence electrons. The first-order valence-corrected chi connectivity index (χ1v) is 14.0. The number of hydrogen-bond acceptors (Lipinski definition) is 6. The fourth-order valence-corrected chi connectivity index (χ4v) is 3.46. The molecule has 2 aromatic rings. The van der Waals surface area contributed by atoms with Crippen LogP contribution in [0.2, 0.25) is 0 Å². The molecule has 8 N–H and O–H groups in total. The number of quaternary nitrogens is 3. The van der Waals surface area contributed by atoms with E-state index in [-0.39, 0.29) is 0 Å². The summed E-state index contributed by atoms with van der Waals surface area (Å²) in [7, 11) is 0. The number of aliphatic carboxylic acids is 3. The summed E-state index contributed by atoms with van der Waals surface area (Å²) in [6.45, 7) is 3.42. The molecule has 0 bridgehead atoms. The topological polar surface area (TPSA) is 192 Å². The molecule has 2 aromatic carbocycles. The Labute approximate surface area is 264 Å². The van der Waals surface area contributed by atoms with Crippen molar-refractivity contribution in [3.8, 4) is 0 Å². The summed E-state index contributed by atoms with van der Waals surface area (Å²) in [4.78, 5) is 26.4. The fourth-order valence-electron chi connectivity index (χ4n) is 3.46. The summed E-state index contributed by atoms with van der Waals surface area (Å²) in [6.07, 6.45) is -8.17. The van der Waals surface area contributed by atoms with Gasteiger partial charge in [0.25, 0.3) is 0 Å². The Bertz CT molecular complexity index is 1030. The highest BCUT2D eigenvalue weighted by atomic mass is 19.4. The van der Waals surface area contributed by atoms with Crippen LogP contribution >= 0.6 is 0 Å². The van der Waals surface area contributed by atoms with Crippen LogP contribution < -0.4 is 32.1 Å². The molecule has 0 fully saturated rings. The standard InChI is InChI=1S/C23H35N3.3C2HF3O2/c24-18-23(25)12-7-17-26-19-22(15-13-20-8-3-1-4-9-20)16-14-21-10-5-2-6-11-21;3*3-2(4,5)1(6)7/h1-6,8-11,22-23,26H,7,12-19,24-25H2;3*(H,6,7). The molecule has 0 heterocycles. The molecule has 2 rings (SSSR count). The van der Waals surface area contributed by atoms with E-state index >= 15 is 0 Å². The van der Waals surface area contributed by atoms with Crippen molar-refractivity contribution < 1.29 is 86.0 Å². The van der Waals surface area contributed by atoms with Crippen LogP contribution in [-0.2, 0) is 27.2 Å². The third-order valence-corrected chi connectivity index (χ3v) is 5.99. The summed E-state index contributed by atoms with van der Waals surface area (Å²) in [5.74, 6) is -8.24. The number of aryl methyl sites for hydroxylation is 2. The molecule has 1 atom stereocenters. The second-order valence-electron chi connectivity index (χ2n) is 9.88. The molecule has 0 aliphatic heterocycles. The SMILES string of the molecule is O=C([O-])C(F)(F)F.O=C([O-])C(F)(F)F.O=C([O-])C(F)(F)F.[NH3+]CC([NH3+])CCC[NH2+]CC(CCc1ccccc1)CCc1ccccc1. The zero-order valence-electron chi connectivity index (χ0n) is 25.1. The van der Waals surface area contributed by atoms with Crippen molar-refractivity contribution in [2.24, 2.45) is 5.92 Å². The Kier molecular flexibility index (Phi) is 22.5. The van der Waals surface area contributed by atoms with E-state index in [1.54, 1.807) is 0 Å². The summed E-state index contributed by atoms with van der Waals surface area (Å²) >= 11 is 0. The van der Waals surface area contributed by atoms with Gasteiger partial charge >= 0.3 is 18.5 Å². The third-order valence-electron chi connectivity index (χ3n) is 5.99. The van der Waals surface area contributed by atoms with Gasteiger partial charge in [-0.05, 0) is 36.8 Å². The molecule has 0 aliphatic carbocycles. The number of hydrogen-bond donors (Lipinski definition) is 3. The van der Waals surface area contributed by atoms with Crippen LogP contribution in [0.5, 0.6) is 0 Å². The minimum absolute atomic E-state index is 0.523. The van der Waals surface area contributed by atoms with Gasteiger partial charge in [-0.3, -0.25) is 0 Å². The van der Waals surface area contributed by atoms with Crippen LogP contribution in [0.1, 0.15) is 36.8 Å². The highest BCUT2D eigenvalue weighted by Gasteiger charge is 2.30. The van der Waals surface area contributed by atoms with Gasteiger partial charge in [-0.2, -0.15) is 39.5 Å². The Morgan fingerprint density at radius 3 is 1.23 bits per heavy atom. The van der Waals surface area contributed by atoms with Crippen LogP contribution in [0, 0.1) is 5.92 Å². The maximum absolute atomic E-state index is 10.5. The maximum atomic E-state index is 10.5. The Hall–Kier alpha value is -3.90. The first kappa shape index (κ1) is 45.2. The fraction of sp³-hybridized carbons (Fsp3) is 0.483. The molecule has 0 aromatic heterocycles. The molecule has 0 saturated carbocycles. The summed E-state index contributed by atoms with van der Waals surface area (Å²) in [5.41, 5.74) is 11.0. The van der Waals surface area contributed by atoms with Gasteiger partial charge in [-0.15, -0.1) is 0 Å². The van der Waals surface area contributed by atoms with Crippen molar-refractivity contribution in [1.82, 2.24) is 0 Å². The lowest BCUT2D eigenvalue weighted by atomic mass is 9.93. The second-order valence-corrected chi connectivity index (χ2v) is 9.88. The number of carboxylic acids is 3. The molecule has 0 spiro atoms. The van der Waals surface area contributed by atoms with E-state index in [4.69, 9.17) is 29.7 Å². The van der Waals surface area contributed by atoms with Crippen molar-refractivity contribution in [2.75, 3.05) is 19.6 Å². The summed E-state index contributed by atoms with van der Waals surface area (Å²) < 4.78 is 94.6. The highest BCUT2D eigenvalue weighted by Crippen LogP contribution is 2.16. The lowest BCUT2D eigenvalue weighted by Gasteiger charge is -2.16. The third kappa shape index (κ3) is 27.0. The molecule has 0 aliphatic rings. The van der Waals surface area contributed by atoms with Gasteiger partial charge < -0.3 is 46.5 Å². The monoisotopic (exact) mass is 695 g/mol. The van der Waals surface area contributed by atoms with E-state index in [9.17, 15) is 39.5 Å². The molecule has 1 unspecified atom stereocenters. The molecular formula is C29H38F9N3O6. The highest BCUT2D eigenvalue weighted by molar-refractivity contribution is 5.71. The quantitative estimate of drug-likeness (QED) is 0.177. The van der Waals surface area contributed by atoms with E-state index in [0.717, 1.165) is 12.5 Å². The van der Waals surface area contributed by atoms with Crippen molar-refractivity contribution in [3.05, 3.63) is 71.8 Å². The van der Waals surface area contributed by atoms with E-state index in [2.05, 4.69) is 77.4 Å². The van der Waals surface area contributed by atoms with Crippen molar-refractivity contribution in [1.29, 1.82) is 0 Å². The zero-order valence-corrected chi connectivity index (χ0v) is 25.1. The Morgan fingerprint density at radius 2 is 0.957 bits per heavy atom. The van der Waals surface area contributed by atoms with Gasteiger partial charge in [-0.25, -0.2) is 0 Å². The van der Waals surface area contributed by atoms with Gasteiger partial charge in [0.05, 0.1) is 13.1 Å². The number of halogens is 9. The second kappa shape index (κ2) is 23.4. The lowest BCUT2D eigenvalue weighted by molar-refractivity contribution is -0.661. The van der Waals surface area contributed by atoms with Crippen molar-refractivity contribution in [2.45, 2.75) is 63.1 Å². The summed E-state index contributed by atoms with van der Waals surface area (Å²) in [5, 5.41) is 28.9. The number of alkyl halides is 9. The first-order valence-electron chi connectivity index (χ1n) is 14.0. The minimum Gasteiger partial charge on any atom is -0.542 e. The smallest absolute Gasteiger partial charge is 0.430 e. The maximum Gasteiger partial charge on any atom is 0.430 e. The lowest BCUT2D eigenvalue weighted by Crippen LogP contribution is -2.85. The zero-order chi connectivity index (χ0) is 36.7. The number of carbonyl (C=O) groups is 3. The first-order chi connectivity index (χ1) is 21.6. The van der Waals surface area contributed by atoms with E-state index in [1.165, 1.54) is 62.7 Å². The molecule has 0 saturated heterocycles. The van der Waals surface area contributed by atoms with Gasteiger partial charge in [-0.1, -0.05) is 60.7 Å².